The molecule has 0 fully saturated rings. The Morgan fingerprint density at radius 2 is 1.79 bits per heavy atom. The third-order valence-electron chi connectivity index (χ3n) is 4.08. The van der Waals surface area contributed by atoms with Crippen LogP contribution < -0.4 is 4.74 Å². The second-order valence-electron chi connectivity index (χ2n) is 6.23. The van der Waals surface area contributed by atoms with Crippen LogP contribution in [0.5, 0.6) is 5.75 Å². The fourth-order valence-electron chi connectivity index (χ4n) is 2.75. The summed E-state index contributed by atoms with van der Waals surface area (Å²) in [6, 6.07) is 17.7. The smallest absolute Gasteiger partial charge is 0.344 e. The Bertz CT molecular complexity index is 913. The Hall–Kier alpha value is -2.13. The molecule has 3 heteroatoms. The molecule has 0 aliphatic carbocycles. The molecule has 24 heavy (non-hydrogen) atoms. The Balaban J connectivity index is 1.99. The number of benzene rings is 3. The fraction of sp³-hybridized carbons (Fsp3) is 0.190. The standard InChI is InChI=1S/C21H19BrO2/c1-13(2)16-10-8-14(3)12-19(16)24-21(23)18-11-9-15-6-4-5-7-17(15)20(18)22/h4-13H,1-3H3. The molecule has 0 N–H and O–H groups in total. The van der Waals surface area contributed by atoms with Crippen molar-refractivity contribution in [2.45, 2.75) is 26.7 Å². The lowest BCUT2D eigenvalue weighted by molar-refractivity contribution is 0.0732. The molecule has 0 aliphatic heterocycles. The number of ether oxygens (including phenoxy) is 1. The molecule has 0 aromatic heterocycles. The van der Waals surface area contributed by atoms with Gasteiger partial charge in [-0.2, -0.15) is 0 Å². The van der Waals surface area contributed by atoms with E-state index in [1.165, 1.54) is 0 Å². The maximum absolute atomic E-state index is 12.7. The minimum Gasteiger partial charge on any atom is -0.423 e. The SMILES string of the molecule is Cc1ccc(C(C)C)c(OC(=O)c2ccc3ccccc3c2Br)c1. The van der Waals surface area contributed by atoms with Crippen LogP contribution in [0.4, 0.5) is 0 Å². The summed E-state index contributed by atoms with van der Waals surface area (Å²) in [7, 11) is 0. The van der Waals surface area contributed by atoms with Crippen LogP contribution in [-0.2, 0) is 0 Å². The number of halogens is 1. The first kappa shape index (κ1) is 16.7. The van der Waals surface area contributed by atoms with Crippen molar-refractivity contribution in [2.24, 2.45) is 0 Å². The van der Waals surface area contributed by atoms with Crippen molar-refractivity contribution in [2.75, 3.05) is 0 Å². The summed E-state index contributed by atoms with van der Waals surface area (Å²) in [6.07, 6.45) is 0. The highest BCUT2D eigenvalue weighted by Crippen LogP contribution is 2.31. The summed E-state index contributed by atoms with van der Waals surface area (Å²) in [5.74, 6) is 0.573. The van der Waals surface area contributed by atoms with E-state index in [0.29, 0.717) is 11.3 Å². The number of hydrogen-bond donors (Lipinski definition) is 0. The van der Waals surface area contributed by atoms with Crippen LogP contribution in [0.15, 0.2) is 59.1 Å². The molecule has 0 saturated carbocycles. The average Bonchev–Trinajstić information content (AvgIpc) is 2.55. The monoisotopic (exact) mass is 382 g/mol. The van der Waals surface area contributed by atoms with Crippen LogP contribution in [0.2, 0.25) is 0 Å². The van der Waals surface area contributed by atoms with E-state index in [2.05, 4.69) is 29.8 Å². The molecule has 0 saturated heterocycles. The summed E-state index contributed by atoms with van der Waals surface area (Å²) in [5, 5.41) is 2.08. The topological polar surface area (TPSA) is 26.3 Å². The number of esters is 1. The van der Waals surface area contributed by atoms with E-state index in [1.54, 1.807) is 6.07 Å². The van der Waals surface area contributed by atoms with Crippen LogP contribution in [0.1, 0.15) is 41.3 Å². The zero-order valence-corrected chi connectivity index (χ0v) is 15.6. The zero-order chi connectivity index (χ0) is 17.3. The van der Waals surface area contributed by atoms with E-state index in [-0.39, 0.29) is 11.9 Å². The fourth-order valence-corrected chi connectivity index (χ4v) is 3.41. The highest BCUT2D eigenvalue weighted by molar-refractivity contribution is 9.10. The molecule has 0 atom stereocenters. The van der Waals surface area contributed by atoms with Gasteiger partial charge in [0.15, 0.2) is 0 Å². The van der Waals surface area contributed by atoms with Crippen LogP contribution >= 0.6 is 15.9 Å². The van der Waals surface area contributed by atoms with Crippen LogP contribution in [0.3, 0.4) is 0 Å². The van der Waals surface area contributed by atoms with E-state index >= 15 is 0 Å². The van der Waals surface area contributed by atoms with Gasteiger partial charge in [0.1, 0.15) is 5.75 Å². The predicted octanol–water partition coefficient (Wildman–Crippen LogP) is 6.25. The van der Waals surface area contributed by atoms with Crippen molar-refractivity contribution < 1.29 is 9.53 Å². The first-order valence-electron chi connectivity index (χ1n) is 7.97. The summed E-state index contributed by atoms with van der Waals surface area (Å²) in [6.45, 7) is 6.18. The van der Waals surface area contributed by atoms with Gasteiger partial charge in [-0.1, -0.05) is 56.3 Å². The van der Waals surface area contributed by atoms with Crippen molar-refractivity contribution in [1.29, 1.82) is 0 Å². The van der Waals surface area contributed by atoms with Crippen molar-refractivity contribution in [3.8, 4) is 5.75 Å². The van der Waals surface area contributed by atoms with Crippen molar-refractivity contribution in [1.82, 2.24) is 0 Å². The summed E-state index contributed by atoms with van der Waals surface area (Å²) < 4.78 is 6.50. The van der Waals surface area contributed by atoms with Gasteiger partial charge in [0, 0.05) is 4.47 Å². The maximum Gasteiger partial charge on any atom is 0.344 e. The molecule has 0 amide bonds. The third-order valence-corrected chi connectivity index (χ3v) is 4.93. The van der Waals surface area contributed by atoms with Gasteiger partial charge >= 0.3 is 5.97 Å². The highest BCUT2D eigenvalue weighted by atomic mass is 79.9. The number of fused-ring (bicyclic) bond motifs is 1. The van der Waals surface area contributed by atoms with Gasteiger partial charge in [0.25, 0.3) is 0 Å². The number of carbonyl (C=O) groups is 1. The largest absolute Gasteiger partial charge is 0.423 e. The molecule has 0 heterocycles. The third kappa shape index (κ3) is 3.22. The zero-order valence-electron chi connectivity index (χ0n) is 14.0. The predicted molar refractivity (Wildman–Crippen MR) is 102 cm³/mol. The van der Waals surface area contributed by atoms with Crippen molar-refractivity contribution >= 4 is 32.7 Å². The minimum atomic E-state index is -0.347. The Morgan fingerprint density at radius 3 is 2.54 bits per heavy atom. The molecule has 0 spiro atoms. The van der Waals surface area contributed by atoms with E-state index in [0.717, 1.165) is 26.4 Å². The molecule has 0 bridgehead atoms. The van der Waals surface area contributed by atoms with Gasteiger partial charge in [0.2, 0.25) is 0 Å². The first-order chi connectivity index (χ1) is 11.5. The van der Waals surface area contributed by atoms with Gasteiger partial charge in [-0.3, -0.25) is 0 Å². The van der Waals surface area contributed by atoms with Crippen molar-refractivity contribution in [3.05, 3.63) is 75.8 Å². The van der Waals surface area contributed by atoms with E-state index < -0.39 is 0 Å². The Labute approximate surface area is 150 Å². The van der Waals surface area contributed by atoms with E-state index in [9.17, 15) is 4.79 Å². The molecule has 0 unspecified atom stereocenters. The van der Waals surface area contributed by atoms with Gasteiger partial charge in [0.05, 0.1) is 5.56 Å². The lowest BCUT2D eigenvalue weighted by Crippen LogP contribution is -2.11. The lowest BCUT2D eigenvalue weighted by atomic mass is 10.0. The molecular weight excluding hydrogens is 364 g/mol. The number of carbonyl (C=O) groups excluding carboxylic acids is 1. The van der Waals surface area contributed by atoms with Crippen LogP contribution in [0, 0.1) is 6.92 Å². The van der Waals surface area contributed by atoms with Crippen LogP contribution in [0.25, 0.3) is 10.8 Å². The molecule has 3 aromatic carbocycles. The quantitative estimate of drug-likeness (QED) is 0.395. The molecule has 0 aliphatic rings. The summed E-state index contributed by atoms with van der Waals surface area (Å²) in [5.41, 5.74) is 2.63. The normalized spacial score (nSPS) is 11.0. The maximum atomic E-state index is 12.7. The van der Waals surface area contributed by atoms with Gasteiger partial charge in [-0.15, -0.1) is 0 Å². The summed E-state index contributed by atoms with van der Waals surface area (Å²) >= 11 is 3.56. The Morgan fingerprint density at radius 1 is 1.04 bits per heavy atom. The van der Waals surface area contributed by atoms with E-state index in [4.69, 9.17) is 4.74 Å². The van der Waals surface area contributed by atoms with Gasteiger partial charge in [-0.25, -0.2) is 4.79 Å². The lowest BCUT2D eigenvalue weighted by Gasteiger charge is -2.14. The highest BCUT2D eigenvalue weighted by Gasteiger charge is 2.17. The molecule has 3 rings (SSSR count). The number of aryl methyl sites for hydroxylation is 1. The second-order valence-corrected chi connectivity index (χ2v) is 7.03. The number of rotatable bonds is 3. The summed E-state index contributed by atoms with van der Waals surface area (Å²) in [4.78, 5) is 12.7. The van der Waals surface area contributed by atoms with Crippen molar-refractivity contribution in [3.63, 3.8) is 0 Å². The first-order valence-corrected chi connectivity index (χ1v) is 8.76. The molecule has 2 nitrogen and oxygen atoms in total. The van der Waals surface area contributed by atoms with Gasteiger partial charge < -0.3 is 4.74 Å². The number of hydrogen-bond acceptors (Lipinski definition) is 2. The van der Waals surface area contributed by atoms with Gasteiger partial charge in [-0.05, 0) is 62.8 Å². The van der Waals surface area contributed by atoms with Crippen LogP contribution in [-0.4, -0.2) is 5.97 Å². The molecule has 0 radical (unpaired) electrons. The molecule has 3 aromatic rings. The molecular formula is C21H19BrO2. The van der Waals surface area contributed by atoms with E-state index in [1.807, 2.05) is 55.5 Å². The molecule has 122 valence electrons. The minimum absolute atomic E-state index is 0.286. The second kappa shape index (κ2) is 6.78. The Kier molecular flexibility index (Phi) is 4.72. The average molecular weight is 383 g/mol.